The van der Waals surface area contributed by atoms with E-state index in [2.05, 4.69) is 20.2 Å². The zero-order valence-electron chi connectivity index (χ0n) is 12.1. The maximum Gasteiger partial charge on any atom is 0.417 e. The molecule has 0 saturated heterocycles. The van der Waals surface area contributed by atoms with Crippen molar-refractivity contribution in [2.75, 3.05) is 7.11 Å². The van der Waals surface area contributed by atoms with Crippen LogP contribution in [0.15, 0.2) is 35.2 Å². The van der Waals surface area contributed by atoms with Crippen molar-refractivity contribution >= 4 is 16.7 Å². The molecule has 0 saturated carbocycles. The number of alkyl halides is 3. The van der Waals surface area contributed by atoms with Crippen LogP contribution in [0, 0.1) is 0 Å². The number of pyridine rings is 2. The Morgan fingerprint density at radius 2 is 2.04 bits per heavy atom. The van der Waals surface area contributed by atoms with Gasteiger partial charge in [0.05, 0.1) is 12.7 Å². The smallest absolute Gasteiger partial charge is 0.417 e. The van der Waals surface area contributed by atoms with Crippen LogP contribution in [0.4, 0.5) is 13.2 Å². The van der Waals surface area contributed by atoms with Gasteiger partial charge in [0.25, 0.3) is 5.89 Å². The number of rotatable bonds is 2. The molecular weight excluding hydrogens is 327 g/mol. The van der Waals surface area contributed by atoms with Crippen LogP contribution in [0.5, 0.6) is 5.88 Å². The third kappa shape index (κ3) is 2.14. The summed E-state index contributed by atoms with van der Waals surface area (Å²) in [6.45, 7) is 0. The van der Waals surface area contributed by atoms with Crippen LogP contribution in [0.3, 0.4) is 0 Å². The maximum atomic E-state index is 13.3. The summed E-state index contributed by atoms with van der Waals surface area (Å²) < 4.78 is 51.3. The number of hydrogen-bond donors (Lipinski definition) is 0. The molecule has 0 spiro atoms. The molecule has 7 nitrogen and oxygen atoms in total. The van der Waals surface area contributed by atoms with E-state index >= 15 is 0 Å². The first kappa shape index (κ1) is 14.4. The molecule has 0 unspecified atom stereocenters. The average molecular weight is 335 g/mol. The van der Waals surface area contributed by atoms with Crippen LogP contribution in [0.25, 0.3) is 28.3 Å². The molecule has 4 heterocycles. The van der Waals surface area contributed by atoms with Gasteiger partial charge in [0.15, 0.2) is 0 Å². The minimum atomic E-state index is -4.54. The molecule has 0 aliphatic heterocycles. The van der Waals surface area contributed by atoms with Crippen LogP contribution < -0.4 is 4.74 Å². The zero-order valence-corrected chi connectivity index (χ0v) is 12.1. The Labute approximate surface area is 131 Å². The number of hydrogen-bond acceptors (Lipinski definition) is 6. The summed E-state index contributed by atoms with van der Waals surface area (Å²) in [6, 6.07) is 3.65. The normalized spacial score (nSPS) is 12.2. The summed E-state index contributed by atoms with van der Waals surface area (Å²) in [5.41, 5.74) is -0.0421. The molecule has 0 aromatic carbocycles. The van der Waals surface area contributed by atoms with Crippen molar-refractivity contribution in [1.29, 1.82) is 0 Å². The zero-order chi connectivity index (χ0) is 16.9. The van der Waals surface area contributed by atoms with Gasteiger partial charge in [-0.3, -0.25) is 4.40 Å². The van der Waals surface area contributed by atoms with E-state index in [1.54, 1.807) is 0 Å². The van der Waals surface area contributed by atoms with E-state index in [1.807, 2.05) is 0 Å². The van der Waals surface area contributed by atoms with Gasteiger partial charge in [0, 0.05) is 17.6 Å². The predicted octanol–water partition coefficient (Wildman–Crippen LogP) is 2.96. The number of methoxy groups -OCH3 is 1. The monoisotopic (exact) mass is 335 g/mol. The summed E-state index contributed by atoms with van der Waals surface area (Å²) in [6.07, 6.45) is -1.92. The molecule has 0 aliphatic carbocycles. The molecule has 122 valence electrons. The van der Waals surface area contributed by atoms with Gasteiger partial charge in [-0.05, 0) is 12.1 Å². The molecule has 0 amide bonds. The lowest BCUT2D eigenvalue weighted by Gasteiger charge is -2.12. The molecule has 24 heavy (non-hydrogen) atoms. The Morgan fingerprint density at radius 1 is 1.21 bits per heavy atom. The lowest BCUT2D eigenvalue weighted by molar-refractivity contribution is -0.136. The van der Waals surface area contributed by atoms with Crippen molar-refractivity contribution < 1.29 is 22.3 Å². The molecule has 4 aromatic heterocycles. The van der Waals surface area contributed by atoms with E-state index in [-0.39, 0.29) is 22.8 Å². The van der Waals surface area contributed by atoms with Gasteiger partial charge in [-0.15, -0.1) is 10.2 Å². The SMILES string of the molecule is COc1cc(C(F)(F)F)c2ccc3nc(-c4nnco4)cn3c2n1. The minimum absolute atomic E-state index is 0.0646. The second-order valence-electron chi connectivity index (χ2n) is 4.88. The van der Waals surface area contributed by atoms with Gasteiger partial charge in [0.2, 0.25) is 12.3 Å². The van der Waals surface area contributed by atoms with Crippen molar-refractivity contribution in [1.82, 2.24) is 24.6 Å². The number of fused-ring (bicyclic) bond motifs is 3. The molecule has 0 atom stereocenters. The van der Waals surface area contributed by atoms with Crippen molar-refractivity contribution in [3.63, 3.8) is 0 Å². The third-order valence-electron chi connectivity index (χ3n) is 3.47. The summed E-state index contributed by atoms with van der Waals surface area (Å²) >= 11 is 0. The molecule has 0 aliphatic rings. The topological polar surface area (TPSA) is 78.3 Å². The summed E-state index contributed by atoms with van der Waals surface area (Å²) in [5.74, 6) is 0.0150. The fraction of sp³-hybridized carbons (Fsp3) is 0.143. The molecule has 0 fully saturated rings. The van der Waals surface area contributed by atoms with Gasteiger partial charge in [-0.2, -0.15) is 18.2 Å². The van der Waals surface area contributed by atoms with Gasteiger partial charge in [-0.25, -0.2) is 4.98 Å². The molecule has 0 N–H and O–H groups in total. The van der Waals surface area contributed by atoms with Crippen molar-refractivity contribution in [3.8, 4) is 17.5 Å². The second kappa shape index (κ2) is 4.91. The highest BCUT2D eigenvalue weighted by Crippen LogP contribution is 2.36. The molecular formula is C14H8F3N5O2. The fourth-order valence-corrected chi connectivity index (χ4v) is 2.43. The van der Waals surface area contributed by atoms with Crippen LogP contribution >= 0.6 is 0 Å². The highest BCUT2D eigenvalue weighted by Gasteiger charge is 2.34. The lowest BCUT2D eigenvalue weighted by Crippen LogP contribution is -2.08. The standard InChI is InChI=1S/C14H8F3N5O2/c1-23-11-4-8(14(15,16)17)7-2-3-10-19-9(13-21-18-6-24-13)5-22(10)12(7)20-11/h2-6H,1H3. The quantitative estimate of drug-likeness (QED) is 0.560. The molecule has 0 bridgehead atoms. The van der Waals surface area contributed by atoms with Gasteiger partial charge in [-0.1, -0.05) is 0 Å². The lowest BCUT2D eigenvalue weighted by atomic mass is 10.1. The first-order valence-corrected chi connectivity index (χ1v) is 6.68. The molecule has 10 heteroatoms. The summed E-state index contributed by atoms with van der Waals surface area (Å²) in [7, 11) is 1.26. The maximum absolute atomic E-state index is 13.3. The van der Waals surface area contributed by atoms with Crippen LogP contribution in [-0.4, -0.2) is 31.7 Å². The van der Waals surface area contributed by atoms with Crippen molar-refractivity contribution in [2.45, 2.75) is 6.18 Å². The number of imidazole rings is 1. The number of aromatic nitrogens is 5. The average Bonchev–Trinajstić information content (AvgIpc) is 3.21. The van der Waals surface area contributed by atoms with Crippen LogP contribution in [0.2, 0.25) is 0 Å². The first-order chi connectivity index (χ1) is 11.5. The van der Waals surface area contributed by atoms with E-state index in [0.717, 1.165) is 12.5 Å². The molecule has 0 radical (unpaired) electrons. The molecule has 4 aromatic rings. The summed E-state index contributed by atoms with van der Waals surface area (Å²) in [4.78, 5) is 8.38. The van der Waals surface area contributed by atoms with E-state index in [4.69, 9.17) is 9.15 Å². The third-order valence-corrected chi connectivity index (χ3v) is 3.47. The van der Waals surface area contributed by atoms with Gasteiger partial charge >= 0.3 is 6.18 Å². The van der Waals surface area contributed by atoms with Crippen molar-refractivity contribution in [3.05, 3.63) is 36.4 Å². The Morgan fingerprint density at radius 3 is 2.71 bits per heavy atom. The number of halogens is 3. The van der Waals surface area contributed by atoms with E-state index in [1.165, 1.54) is 29.8 Å². The van der Waals surface area contributed by atoms with Crippen LogP contribution in [-0.2, 0) is 6.18 Å². The van der Waals surface area contributed by atoms with E-state index < -0.39 is 11.7 Å². The molecule has 4 rings (SSSR count). The van der Waals surface area contributed by atoms with Gasteiger partial charge < -0.3 is 9.15 Å². The first-order valence-electron chi connectivity index (χ1n) is 6.68. The summed E-state index contributed by atoms with van der Waals surface area (Å²) in [5, 5.41) is 7.22. The van der Waals surface area contributed by atoms with E-state index in [9.17, 15) is 13.2 Å². The highest BCUT2D eigenvalue weighted by molar-refractivity contribution is 5.83. The minimum Gasteiger partial charge on any atom is -0.481 e. The Balaban J connectivity index is 2.07. The Bertz CT molecular complexity index is 1040. The second-order valence-corrected chi connectivity index (χ2v) is 4.88. The Hall–Kier alpha value is -3.17. The van der Waals surface area contributed by atoms with Crippen LogP contribution in [0.1, 0.15) is 5.56 Å². The highest BCUT2D eigenvalue weighted by atomic mass is 19.4. The van der Waals surface area contributed by atoms with Crippen molar-refractivity contribution in [2.24, 2.45) is 0 Å². The van der Waals surface area contributed by atoms with E-state index in [0.29, 0.717) is 11.3 Å². The predicted molar refractivity (Wildman–Crippen MR) is 75.3 cm³/mol. The fourth-order valence-electron chi connectivity index (χ4n) is 2.43. The number of ether oxygens (including phenoxy) is 1. The number of nitrogens with zero attached hydrogens (tertiary/aromatic N) is 5. The van der Waals surface area contributed by atoms with Gasteiger partial charge in [0.1, 0.15) is 17.0 Å². The largest absolute Gasteiger partial charge is 0.481 e. The Kier molecular flexibility index (Phi) is 2.95.